The molecule has 0 fully saturated rings. The summed E-state index contributed by atoms with van der Waals surface area (Å²) >= 11 is 0. The molecule has 82 valence electrons. The Morgan fingerprint density at radius 1 is 1.36 bits per heavy atom. The molecule has 0 saturated carbocycles. The molecule has 0 aliphatic heterocycles. The van der Waals surface area contributed by atoms with Crippen LogP contribution < -0.4 is 5.32 Å². The molecule has 4 nitrogen and oxygen atoms in total. The Bertz CT molecular complexity index is 192. The normalized spacial score (nSPS) is 12.1. The summed E-state index contributed by atoms with van der Waals surface area (Å²) in [4.78, 5) is 21.7. The highest BCUT2D eigenvalue weighted by molar-refractivity contribution is 5.77. The molecule has 1 unspecified atom stereocenters. The molecule has 0 rings (SSSR count). The topological polar surface area (TPSA) is 66.4 Å². The minimum Gasteiger partial charge on any atom is -0.481 e. The van der Waals surface area contributed by atoms with Crippen LogP contribution in [0.2, 0.25) is 0 Å². The Hall–Kier alpha value is -1.06. The molecule has 0 heterocycles. The first-order valence-electron chi connectivity index (χ1n) is 5.11. The quantitative estimate of drug-likeness (QED) is 0.656. The van der Waals surface area contributed by atoms with Crippen LogP contribution in [0.3, 0.4) is 0 Å². The molecule has 0 saturated heterocycles. The molecular formula is C10H19NO3. The third-order valence-corrected chi connectivity index (χ3v) is 2.04. The van der Waals surface area contributed by atoms with Gasteiger partial charge in [0.05, 0.1) is 6.42 Å². The largest absolute Gasteiger partial charge is 0.481 e. The zero-order chi connectivity index (χ0) is 11.0. The third-order valence-electron chi connectivity index (χ3n) is 2.04. The first-order valence-corrected chi connectivity index (χ1v) is 5.11. The average Bonchev–Trinajstić information content (AvgIpc) is 2.12. The Morgan fingerprint density at radius 2 is 2.00 bits per heavy atom. The van der Waals surface area contributed by atoms with Gasteiger partial charge in [0.1, 0.15) is 0 Å². The summed E-state index contributed by atoms with van der Waals surface area (Å²) in [7, 11) is 0. The number of carbonyl (C=O) groups is 2. The van der Waals surface area contributed by atoms with E-state index in [1.807, 2.05) is 13.8 Å². The Morgan fingerprint density at radius 3 is 2.43 bits per heavy atom. The Balaban J connectivity index is 3.80. The van der Waals surface area contributed by atoms with Crippen LogP contribution in [0, 0.1) is 0 Å². The summed E-state index contributed by atoms with van der Waals surface area (Å²) in [5.74, 6) is -0.910. The number of carboxylic acid groups (broad SMARTS) is 1. The maximum absolute atomic E-state index is 11.2. The zero-order valence-electron chi connectivity index (χ0n) is 8.88. The average molecular weight is 201 g/mol. The highest BCUT2D eigenvalue weighted by Gasteiger charge is 2.13. The van der Waals surface area contributed by atoms with Gasteiger partial charge in [-0.1, -0.05) is 20.3 Å². The second-order valence-electron chi connectivity index (χ2n) is 3.37. The van der Waals surface area contributed by atoms with Gasteiger partial charge in [0.15, 0.2) is 0 Å². The van der Waals surface area contributed by atoms with Crippen LogP contribution in [0.5, 0.6) is 0 Å². The number of hydrogen-bond donors (Lipinski definition) is 2. The molecule has 0 spiro atoms. The zero-order valence-corrected chi connectivity index (χ0v) is 8.88. The molecule has 1 amide bonds. The van der Waals surface area contributed by atoms with Crippen molar-refractivity contribution in [3.63, 3.8) is 0 Å². The fraction of sp³-hybridized carbons (Fsp3) is 0.800. The molecule has 0 aliphatic carbocycles. The minimum atomic E-state index is -0.868. The lowest BCUT2D eigenvalue weighted by Gasteiger charge is -2.14. The monoisotopic (exact) mass is 201 g/mol. The van der Waals surface area contributed by atoms with Gasteiger partial charge >= 0.3 is 5.97 Å². The van der Waals surface area contributed by atoms with Gasteiger partial charge in [0, 0.05) is 12.5 Å². The standard InChI is InChI=1S/C10H19NO3/c1-3-5-6-9(12)11-8(4-2)7-10(13)14/h8H,3-7H2,1-2H3,(H,11,12)(H,13,14). The number of aliphatic carboxylic acids is 1. The molecule has 0 aliphatic rings. The van der Waals surface area contributed by atoms with Crippen LogP contribution >= 0.6 is 0 Å². The van der Waals surface area contributed by atoms with Gasteiger partial charge in [0.25, 0.3) is 0 Å². The summed E-state index contributed by atoms with van der Waals surface area (Å²) in [5.41, 5.74) is 0. The van der Waals surface area contributed by atoms with E-state index in [1.54, 1.807) is 0 Å². The number of unbranched alkanes of at least 4 members (excludes halogenated alkanes) is 1. The van der Waals surface area contributed by atoms with E-state index in [4.69, 9.17) is 5.11 Å². The molecule has 14 heavy (non-hydrogen) atoms. The second-order valence-corrected chi connectivity index (χ2v) is 3.37. The SMILES string of the molecule is CCCCC(=O)NC(CC)CC(=O)O. The van der Waals surface area contributed by atoms with E-state index < -0.39 is 5.97 Å². The van der Waals surface area contributed by atoms with Gasteiger partial charge in [-0.2, -0.15) is 0 Å². The highest BCUT2D eigenvalue weighted by atomic mass is 16.4. The van der Waals surface area contributed by atoms with E-state index in [0.29, 0.717) is 12.8 Å². The smallest absolute Gasteiger partial charge is 0.305 e. The predicted molar refractivity (Wildman–Crippen MR) is 54.0 cm³/mol. The van der Waals surface area contributed by atoms with Gasteiger partial charge in [-0.25, -0.2) is 0 Å². The van der Waals surface area contributed by atoms with Crippen LogP contribution in [0.4, 0.5) is 0 Å². The fourth-order valence-electron chi connectivity index (χ4n) is 1.15. The number of carboxylic acids is 1. The highest BCUT2D eigenvalue weighted by Crippen LogP contribution is 2.00. The molecule has 2 N–H and O–H groups in total. The van der Waals surface area contributed by atoms with Crippen LogP contribution in [-0.4, -0.2) is 23.0 Å². The van der Waals surface area contributed by atoms with Crippen LogP contribution in [0.25, 0.3) is 0 Å². The van der Waals surface area contributed by atoms with E-state index in [2.05, 4.69) is 5.32 Å². The lowest BCUT2D eigenvalue weighted by Crippen LogP contribution is -2.35. The molecule has 1 atom stereocenters. The summed E-state index contributed by atoms with van der Waals surface area (Å²) in [6.07, 6.45) is 2.99. The van der Waals surface area contributed by atoms with Gasteiger partial charge in [-0.3, -0.25) is 9.59 Å². The minimum absolute atomic E-state index is 0.00830. The van der Waals surface area contributed by atoms with Crippen molar-refractivity contribution in [2.24, 2.45) is 0 Å². The predicted octanol–water partition coefficient (Wildman–Crippen LogP) is 1.55. The lowest BCUT2D eigenvalue weighted by molar-refractivity contribution is -0.137. The van der Waals surface area contributed by atoms with E-state index >= 15 is 0 Å². The molecular weight excluding hydrogens is 182 g/mol. The molecule has 0 radical (unpaired) electrons. The summed E-state index contributed by atoms with van der Waals surface area (Å²) in [6, 6.07) is -0.225. The van der Waals surface area contributed by atoms with Crippen molar-refractivity contribution in [3.8, 4) is 0 Å². The summed E-state index contributed by atoms with van der Waals surface area (Å²) in [5, 5.41) is 11.3. The number of hydrogen-bond acceptors (Lipinski definition) is 2. The molecule has 0 aromatic heterocycles. The van der Waals surface area contributed by atoms with E-state index in [1.165, 1.54) is 0 Å². The van der Waals surface area contributed by atoms with Crippen LogP contribution in [-0.2, 0) is 9.59 Å². The maximum Gasteiger partial charge on any atom is 0.305 e. The van der Waals surface area contributed by atoms with Gasteiger partial charge in [0.2, 0.25) is 5.91 Å². The van der Waals surface area contributed by atoms with Crippen molar-refractivity contribution >= 4 is 11.9 Å². The Labute approximate surface area is 84.7 Å². The molecule has 0 aromatic carbocycles. The van der Waals surface area contributed by atoms with Gasteiger partial charge in [-0.15, -0.1) is 0 Å². The first kappa shape index (κ1) is 12.9. The van der Waals surface area contributed by atoms with Crippen molar-refractivity contribution in [3.05, 3.63) is 0 Å². The van der Waals surface area contributed by atoms with Crippen molar-refractivity contribution in [1.82, 2.24) is 5.32 Å². The number of rotatable bonds is 7. The van der Waals surface area contributed by atoms with E-state index in [9.17, 15) is 9.59 Å². The second kappa shape index (κ2) is 7.35. The third kappa shape index (κ3) is 6.46. The van der Waals surface area contributed by atoms with Crippen LogP contribution in [0.15, 0.2) is 0 Å². The fourth-order valence-corrected chi connectivity index (χ4v) is 1.15. The number of carbonyl (C=O) groups excluding carboxylic acids is 1. The molecule has 0 bridgehead atoms. The van der Waals surface area contributed by atoms with E-state index in [-0.39, 0.29) is 18.4 Å². The van der Waals surface area contributed by atoms with Crippen molar-refractivity contribution in [1.29, 1.82) is 0 Å². The van der Waals surface area contributed by atoms with Gasteiger partial charge in [-0.05, 0) is 12.8 Å². The summed E-state index contributed by atoms with van der Waals surface area (Å²) < 4.78 is 0. The molecule has 4 heteroatoms. The van der Waals surface area contributed by atoms with Crippen LogP contribution in [0.1, 0.15) is 46.0 Å². The Kier molecular flexibility index (Phi) is 6.80. The van der Waals surface area contributed by atoms with Crippen molar-refractivity contribution < 1.29 is 14.7 Å². The number of nitrogens with one attached hydrogen (secondary N) is 1. The van der Waals surface area contributed by atoms with E-state index in [0.717, 1.165) is 12.8 Å². The maximum atomic E-state index is 11.2. The number of amides is 1. The lowest BCUT2D eigenvalue weighted by atomic mass is 10.1. The van der Waals surface area contributed by atoms with Crippen molar-refractivity contribution in [2.45, 2.75) is 52.0 Å². The summed E-state index contributed by atoms with van der Waals surface area (Å²) in [6.45, 7) is 3.88. The first-order chi connectivity index (χ1) is 6.60. The molecule has 0 aromatic rings. The van der Waals surface area contributed by atoms with Gasteiger partial charge < -0.3 is 10.4 Å². The van der Waals surface area contributed by atoms with Crippen molar-refractivity contribution in [2.75, 3.05) is 0 Å².